The molecule has 26 heavy (non-hydrogen) atoms. The summed E-state index contributed by atoms with van der Waals surface area (Å²) < 4.78 is 0. The quantitative estimate of drug-likeness (QED) is 0.815. The number of aromatic amines is 1. The second-order valence-electron chi connectivity index (χ2n) is 7.69. The van der Waals surface area contributed by atoms with E-state index in [4.69, 9.17) is 11.6 Å². The Morgan fingerprint density at radius 1 is 1.27 bits per heavy atom. The van der Waals surface area contributed by atoms with Crippen molar-refractivity contribution in [1.82, 2.24) is 20.1 Å². The van der Waals surface area contributed by atoms with Crippen LogP contribution >= 0.6 is 11.6 Å². The maximum Gasteiger partial charge on any atom is 0.224 e. The second kappa shape index (κ2) is 7.99. The van der Waals surface area contributed by atoms with Crippen molar-refractivity contribution in [2.24, 2.45) is 0 Å². The lowest BCUT2D eigenvalue weighted by Gasteiger charge is -2.44. The molecule has 1 aromatic heterocycles. The second-order valence-corrected chi connectivity index (χ2v) is 8.13. The number of nitrogens with zero attached hydrogens (tertiary/aromatic N) is 2. The molecular formula is C20H29ClN4O. The van der Waals surface area contributed by atoms with E-state index in [0.29, 0.717) is 18.0 Å². The van der Waals surface area contributed by atoms with E-state index in [1.54, 1.807) is 0 Å². The number of hydrogen-bond donors (Lipinski definition) is 2. The van der Waals surface area contributed by atoms with Gasteiger partial charge in [-0.2, -0.15) is 0 Å². The lowest BCUT2D eigenvalue weighted by atomic mass is 10.0. The summed E-state index contributed by atoms with van der Waals surface area (Å²) in [6.07, 6.45) is 2.26. The van der Waals surface area contributed by atoms with E-state index >= 15 is 0 Å². The Hall–Kier alpha value is -1.56. The number of nitrogens with one attached hydrogen (secondary N) is 2. The number of amides is 1. The van der Waals surface area contributed by atoms with Crippen LogP contribution in [0.4, 0.5) is 0 Å². The SMILES string of the molecule is CCN1CCN(C(C)(C)CNC(=O)Cc2c[nH]c3ccc(Cl)cc23)CC1. The van der Waals surface area contributed by atoms with Crippen molar-refractivity contribution in [3.8, 4) is 0 Å². The normalized spacial score (nSPS) is 16.9. The van der Waals surface area contributed by atoms with Crippen molar-refractivity contribution in [2.45, 2.75) is 32.7 Å². The largest absolute Gasteiger partial charge is 0.361 e. The number of likely N-dealkylation sites (N-methyl/N-ethyl adjacent to an activating group) is 1. The topological polar surface area (TPSA) is 51.4 Å². The van der Waals surface area contributed by atoms with Gasteiger partial charge in [0.25, 0.3) is 0 Å². The number of halogens is 1. The Kier molecular flexibility index (Phi) is 5.90. The zero-order valence-corrected chi connectivity index (χ0v) is 16.7. The smallest absolute Gasteiger partial charge is 0.224 e. The highest BCUT2D eigenvalue weighted by molar-refractivity contribution is 6.31. The molecule has 2 N–H and O–H groups in total. The molecule has 0 aliphatic carbocycles. The molecule has 5 nitrogen and oxygen atoms in total. The van der Waals surface area contributed by atoms with Crippen LogP contribution in [0.5, 0.6) is 0 Å². The van der Waals surface area contributed by atoms with E-state index in [-0.39, 0.29) is 11.4 Å². The third kappa shape index (κ3) is 4.40. The first-order valence-electron chi connectivity index (χ1n) is 9.38. The molecule has 0 bridgehead atoms. The molecule has 3 rings (SSSR count). The van der Waals surface area contributed by atoms with E-state index in [2.05, 4.69) is 40.9 Å². The zero-order valence-electron chi connectivity index (χ0n) is 15.9. The molecule has 1 saturated heterocycles. The summed E-state index contributed by atoms with van der Waals surface area (Å²) in [4.78, 5) is 20.6. The van der Waals surface area contributed by atoms with Crippen molar-refractivity contribution in [3.63, 3.8) is 0 Å². The van der Waals surface area contributed by atoms with Crippen molar-refractivity contribution < 1.29 is 4.79 Å². The van der Waals surface area contributed by atoms with Gasteiger partial charge in [-0.25, -0.2) is 0 Å². The van der Waals surface area contributed by atoms with Gasteiger partial charge in [-0.15, -0.1) is 0 Å². The number of H-pyrrole nitrogens is 1. The van der Waals surface area contributed by atoms with Crippen LogP contribution in [0.3, 0.4) is 0 Å². The Morgan fingerprint density at radius 3 is 2.69 bits per heavy atom. The van der Waals surface area contributed by atoms with Gasteiger partial charge in [0.15, 0.2) is 0 Å². The van der Waals surface area contributed by atoms with Gasteiger partial charge in [0.05, 0.1) is 6.42 Å². The summed E-state index contributed by atoms with van der Waals surface area (Å²) in [6.45, 7) is 12.7. The van der Waals surface area contributed by atoms with Crippen molar-refractivity contribution >= 4 is 28.4 Å². The minimum atomic E-state index is -0.0426. The van der Waals surface area contributed by atoms with E-state index in [1.165, 1.54) is 0 Å². The summed E-state index contributed by atoms with van der Waals surface area (Å²) >= 11 is 6.09. The first kappa shape index (κ1) is 19.2. The predicted octanol–water partition coefficient (Wildman–Crippen LogP) is 2.90. The van der Waals surface area contributed by atoms with Crippen molar-refractivity contribution in [3.05, 3.63) is 35.0 Å². The fourth-order valence-electron chi connectivity index (χ4n) is 3.63. The first-order valence-corrected chi connectivity index (χ1v) is 9.76. The van der Waals surface area contributed by atoms with Gasteiger partial charge in [-0.3, -0.25) is 9.69 Å². The molecule has 1 aliphatic rings. The number of aromatic nitrogens is 1. The first-order chi connectivity index (χ1) is 12.4. The van der Waals surface area contributed by atoms with Crippen LogP contribution in [0.15, 0.2) is 24.4 Å². The molecule has 0 atom stereocenters. The Balaban J connectivity index is 1.55. The summed E-state index contributed by atoms with van der Waals surface area (Å²) in [5, 5.41) is 4.82. The molecule has 2 aromatic rings. The average molecular weight is 377 g/mol. The van der Waals surface area contributed by atoms with E-state index < -0.39 is 0 Å². The summed E-state index contributed by atoms with van der Waals surface area (Å²) in [6, 6.07) is 5.70. The standard InChI is InChI=1S/C20H29ClN4O/c1-4-24-7-9-25(10-8-24)20(2,3)14-23-19(26)11-15-13-22-18-6-5-16(21)12-17(15)18/h5-6,12-13,22H,4,7-11,14H2,1-3H3,(H,23,26). The van der Waals surface area contributed by atoms with E-state index in [0.717, 1.165) is 49.2 Å². The molecule has 2 heterocycles. The van der Waals surface area contributed by atoms with Crippen LogP contribution in [0, 0.1) is 0 Å². The number of fused-ring (bicyclic) bond motifs is 1. The molecule has 1 fully saturated rings. The van der Waals surface area contributed by atoms with Gasteiger partial charge in [0.2, 0.25) is 5.91 Å². The van der Waals surface area contributed by atoms with Gasteiger partial charge in [-0.05, 0) is 44.2 Å². The molecule has 1 aliphatic heterocycles. The van der Waals surface area contributed by atoms with Gasteiger partial charge in [-0.1, -0.05) is 18.5 Å². The van der Waals surface area contributed by atoms with Crippen LogP contribution < -0.4 is 5.32 Å². The zero-order chi connectivity index (χ0) is 18.7. The summed E-state index contributed by atoms with van der Waals surface area (Å²) in [7, 11) is 0. The number of rotatable bonds is 6. The number of piperazine rings is 1. The highest BCUT2D eigenvalue weighted by atomic mass is 35.5. The molecule has 0 spiro atoms. The maximum absolute atomic E-state index is 12.5. The Morgan fingerprint density at radius 2 is 2.00 bits per heavy atom. The van der Waals surface area contributed by atoms with Gasteiger partial charge in [0.1, 0.15) is 0 Å². The Labute approximate surface area is 160 Å². The highest BCUT2D eigenvalue weighted by Gasteiger charge is 2.29. The molecular weight excluding hydrogens is 348 g/mol. The number of benzene rings is 1. The monoisotopic (exact) mass is 376 g/mol. The van der Waals surface area contributed by atoms with Crippen LogP contribution in [0.2, 0.25) is 5.02 Å². The third-order valence-corrected chi connectivity index (χ3v) is 5.71. The van der Waals surface area contributed by atoms with E-state index in [1.807, 2.05) is 24.4 Å². The predicted molar refractivity (Wildman–Crippen MR) is 108 cm³/mol. The third-order valence-electron chi connectivity index (χ3n) is 5.47. The lowest BCUT2D eigenvalue weighted by Crippen LogP contribution is -2.58. The van der Waals surface area contributed by atoms with Gasteiger partial charge < -0.3 is 15.2 Å². The minimum Gasteiger partial charge on any atom is -0.361 e. The fraction of sp³-hybridized carbons (Fsp3) is 0.550. The molecule has 0 unspecified atom stereocenters. The average Bonchev–Trinajstić information content (AvgIpc) is 3.02. The maximum atomic E-state index is 12.5. The number of carbonyl (C=O) groups excluding carboxylic acids is 1. The summed E-state index contributed by atoms with van der Waals surface area (Å²) in [5.74, 6) is 0.0474. The Bertz CT molecular complexity index is 762. The molecule has 142 valence electrons. The van der Waals surface area contributed by atoms with Gasteiger partial charge >= 0.3 is 0 Å². The number of carbonyl (C=O) groups is 1. The van der Waals surface area contributed by atoms with Crippen molar-refractivity contribution in [2.75, 3.05) is 39.3 Å². The van der Waals surface area contributed by atoms with Crippen LogP contribution in [0.25, 0.3) is 10.9 Å². The van der Waals surface area contributed by atoms with E-state index in [9.17, 15) is 4.79 Å². The van der Waals surface area contributed by atoms with Gasteiger partial charge in [0, 0.05) is 60.4 Å². The lowest BCUT2D eigenvalue weighted by molar-refractivity contribution is -0.121. The molecule has 1 aromatic carbocycles. The van der Waals surface area contributed by atoms with Crippen molar-refractivity contribution in [1.29, 1.82) is 0 Å². The fourth-order valence-corrected chi connectivity index (χ4v) is 3.80. The number of hydrogen-bond acceptors (Lipinski definition) is 3. The highest BCUT2D eigenvalue weighted by Crippen LogP contribution is 2.23. The van der Waals surface area contributed by atoms with Crippen LogP contribution in [-0.2, 0) is 11.2 Å². The van der Waals surface area contributed by atoms with Crippen LogP contribution in [-0.4, -0.2) is 65.5 Å². The molecule has 0 saturated carbocycles. The molecule has 1 amide bonds. The minimum absolute atomic E-state index is 0.0426. The van der Waals surface area contributed by atoms with Crippen LogP contribution in [0.1, 0.15) is 26.3 Å². The molecule has 0 radical (unpaired) electrons. The summed E-state index contributed by atoms with van der Waals surface area (Å²) in [5.41, 5.74) is 1.94. The molecule has 6 heteroatoms.